The van der Waals surface area contributed by atoms with Gasteiger partial charge in [-0.05, 0) is 30.3 Å². The first-order chi connectivity index (χ1) is 9.61. The van der Waals surface area contributed by atoms with Crippen molar-refractivity contribution in [2.75, 3.05) is 5.32 Å². The monoisotopic (exact) mass is 265 g/mol. The maximum Gasteiger partial charge on any atom is 0.256 e. The van der Waals surface area contributed by atoms with Crippen LogP contribution in [0.25, 0.3) is 0 Å². The molecular weight excluding hydrogens is 256 g/mol. The molecule has 0 aliphatic rings. The highest BCUT2D eigenvalue weighted by Gasteiger charge is 2.11. The van der Waals surface area contributed by atoms with Gasteiger partial charge in [-0.1, -0.05) is 18.2 Å². The second kappa shape index (κ2) is 5.67. The summed E-state index contributed by atoms with van der Waals surface area (Å²) in [6, 6.07) is 14.0. The molecule has 0 radical (unpaired) electrons. The second-order valence-corrected chi connectivity index (χ2v) is 3.98. The molecule has 0 saturated heterocycles. The SMILES string of the molecule is N#Cc1ccc(NC(=O)c2ccccc2C(=O)[O-])cc1. The van der Waals surface area contributed by atoms with E-state index in [-0.39, 0.29) is 11.1 Å². The lowest BCUT2D eigenvalue weighted by atomic mass is 10.1. The number of amides is 1. The van der Waals surface area contributed by atoms with Crippen LogP contribution < -0.4 is 10.4 Å². The maximum absolute atomic E-state index is 12.0. The molecule has 20 heavy (non-hydrogen) atoms. The van der Waals surface area contributed by atoms with Gasteiger partial charge in [-0.25, -0.2) is 0 Å². The molecule has 0 fully saturated rings. The number of benzene rings is 2. The quantitative estimate of drug-likeness (QED) is 0.901. The van der Waals surface area contributed by atoms with Crippen LogP contribution >= 0.6 is 0 Å². The molecule has 0 unspecified atom stereocenters. The van der Waals surface area contributed by atoms with Gasteiger partial charge >= 0.3 is 0 Å². The van der Waals surface area contributed by atoms with E-state index < -0.39 is 11.9 Å². The van der Waals surface area contributed by atoms with Gasteiger partial charge in [0.15, 0.2) is 0 Å². The first-order valence-electron chi connectivity index (χ1n) is 5.73. The van der Waals surface area contributed by atoms with Gasteiger partial charge in [0, 0.05) is 16.8 Å². The van der Waals surface area contributed by atoms with Gasteiger partial charge < -0.3 is 15.2 Å². The number of nitriles is 1. The van der Waals surface area contributed by atoms with E-state index in [1.165, 1.54) is 18.2 Å². The second-order valence-electron chi connectivity index (χ2n) is 3.98. The van der Waals surface area contributed by atoms with Crippen molar-refractivity contribution in [3.8, 4) is 6.07 Å². The summed E-state index contributed by atoms with van der Waals surface area (Å²) in [7, 11) is 0. The highest BCUT2D eigenvalue weighted by atomic mass is 16.4. The Balaban J connectivity index is 2.24. The number of nitrogens with one attached hydrogen (secondary N) is 1. The molecule has 0 aliphatic heterocycles. The van der Waals surface area contributed by atoms with Crippen molar-refractivity contribution in [1.82, 2.24) is 0 Å². The Morgan fingerprint density at radius 1 is 1.00 bits per heavy atom. The molecule has 0 aliphatic carbocycles. The molecule has 0 aromatic heterocycles. The van der Waals surface area contributed by atoms with Crippen LogP contribution in [0.4, 0.5) is 5.69 Å². The first kappa shape index (κ1) is 13.3. The fourth-order valence-electron chi connectivity index (χ4n) is 1.69. The molecule has 1 amide bonds. The summed E-state index contributed by atoms with van der Waals surface area (Å²) in [6.45, 7) is 0. The number of rotatable bonds is 3. The predicted molar refractivity (Wildman–Crippen MR) is 69.9 cm³/mol. The summed E-state index contributed by atoms with van der Waals surface area (Å²) < 4.78 is 0. The number of hydrogen-bond acceptors (Lipinski definition) is 4. The third-order valence-electron chi connectivity index (χ3n) is 2.66. The lowest BCUT2D eigenvalue weighted by Gasteiger charge is -2.10. The molecule has 5 heteroatoms. The minimum Gasteiger partial charge on any atom is -0.545 e. The summed E-state index contributed by atoms with van der Waals surface area (Å²) >= 11 is 0. The number of hydrogen-bond donors (Lipinski definition) is 1. The zero-order valence-corrected chi connectivity index (χ0v) is 10.3. The fraction of sp³-hybridized carbons (Fsp3) is 0. The Morgan fingerprint density at radius 3 is 2.15 bits per heavy atom. The number of aromatic carboxylic acids is 1. The van der Waals surface area contributed by atoms with Crippen LogP contribution in [0.3, 0.4) is 0 Å². The molecule has 2 aromatic carbocycles. The van der Waals surface area contributed by atoms with E-state index in [0.717, 1.165) is 0 Å². The molecule has 0 heterocycles. The van der Waals surface area contributed by atoms with Gasteiger partial charge in [0.1, 0.15) is 0 Å². The molecule has 5 nitrogen and oxygen atoms in total. The van der Waals surface area contributed by atoms with Crippen molar-refractivity contribution < 1.29 is 14.7 Å². The van der Waals surface area contributed by atoms with Crippen LogP contribution in [0.1, 0.15) is 26.3 Å². The summed E-state index contributed by atoms with van der Waals surface area (Å²) in [6.07, 6.45) is 0. The van der Waals surface area contributed by atoms with Crippen LogP contribution in [0, 0.1) is 11.3 Å². The van der Waals surface area contributed by atoms with Crippen molar-refractivity contribution in [3.63, 3.8) is 0 Å². The maximum atomic E-state index is 12.0. The van der Waals surface area contributed by atoms with Gasteiger partial charge in [0.25, 0.3) is 5.91 Å². The Hall–Kier alpha value is -3.13. The molecule has 98 valence electrons. The van der Waals surface area contributed by atoms with E-state index in [4.69, 9.17) is 5.26 Å². The molecular formula is C15H9N2O3-. The third kappa shape index (κ3) is 2.82. The first-order valence-corrected chi connectivity index (χ1v) is 5.73. The van der Waals surface area contributed by atoms with Crippen LogP contribution in [0.2, 0.25) is 0 Å². The topological polar surface area (TPSA) is 93.0 Å². The van der Waals surface area contributed by atoms with Crippen LogP contribution in [0.5, 0.6) is 0 Å². The lowest BCUT2D eigenvalue weighted by molar-refractivity contribution is -0.255. The van der Waals surface area contributed by atoms with Crippen molar-refractivity contribution in [2.45, 2.75) is 0 Å². The van der Waals surface area contributed by atoms with Gasteiger partial charge in [-0.3, -0.25) is 4.79 Å². The minimum absolute atomic E-state index is 0.0249. The van der Waals surface area contributed by atoms with Crippen LogP contribution in [-0.4, -0.2) is 11.9 Å². The fourth-order valence-corrected chi connectivity index (χ4v) is 1.69. The molecule has 0 saturated carbocycles. The normalized spacial score (nSPS) is 9.55. The van der Waals surface area contributed by atoms with E-state index >= 15 is 0 Å². The number of carboxylic acids is 1. The lowest BCUT2D eigenvalue weighted by Crippen LogP contribution is -2.26. The molecule has 2 aromatic rings. The number of anilines is 1. The zero-order chi connectivity index (χ0) is 14.5. The van der Waals surface area contributed by atoms with E-state index in [1.807, 2.05) is 6.07 Å². The van der Waals surface area contributed by atoms with Gasteiger partial charge in [-0.15, -0.1) is 0 Å². The van der Waals surface area contributed by atoms with Crippen LogP contribution in [0.15, 0.2) is 48.5 Å². The Labute approximate surface area is 115 Å². The third-order valence-corrected chi connectivity index (χ3v) is 2.66. The van der Waals surface area contributed by atoms with Gasteiger partial charge in [0.2, 0.25) is 0 Å². The van der Waals surface area contributed by atoms with Gasteiger partial charge in [-0.2, -0.15) is 5.26 Å². The average Bonchev–Trinajstić information content (AvgIpc) is 2.48. The van der Waals surface area contributed by atoms with E-state index in [9.17, 15) is 14.7 Å². The molecule has 0 atom stereocenters. The summed E-state index contributed by atoms with van der Waals surface area (Å²) in [5.41, 5.74) is 0.802. The number of nitrogens with zero attached hydrogens (tertiary/aromatic N) is 1. The summed E-state index contributed by atoms with van der Waals surface area (Å²) in [5.74, 6) is -1.95. The molecule has 2 rings (SSSR count). The number of carbonyl (C=O) groups is 2. The minimum atomic E-state index is -1.41. The number of carboxylic acid groups (broad SMARTS) is 1. The van der Waals surface area contributed by atoms with E-state index in [2.05, 4.69) is 5.32 Å². The molecule has 0 bridgehead atoms. The molecule has 0 spiro atoms. The van der Waals surface area contributed by atoms with Crippen molar-refractivity contribution in [1.29, 1.82) is 5.26 Å². The molecule has 1 N–H and O–H groups in total. The van der Waals surface area contributed by atoms with E-state index in [1.54, 1.807) is 30.3 Å². The Kier molecular flexibility index (Phi) is 3.77. The van der Waals surface area contributed by atoms with Crippen molar-refractivity contribution in [3.05, 3.63) is 65.2 Å². The average molecular weight is 265 g/mol. The van der Waals surface area contributed by atoms with Crippen molar-refractivity contribution in [2.24, 2.45) is 0 Å². The smallest absolute Gasteiger partial charge is 0.256 e. The zero-order valence-electron chi connectivity index (χ0n) is 10.3. The van der Waals surface area contributed by atoms with E-state index in [0.29, 0.717) is 11.3 Å². The van der Waals surface area contributed by atoms with Crippen LogP contribution in [-0.2, 0) is 0 Å². The highest BCUT2D eigenvalue weighted by Crippen LogP contribution is 2.13. The number of carbonyl (C=O) groups excluding carboxylic acids is 2. The Bertz CT molecular complexity index is 700. The predicted octanol–water partition coefficient (Wildman–Crippen LogP) is 1.17. The van der Waals surface area contributed by atoms with Gasteiger partial charge in [0.05, 0.1) is 17.6 Å². The standard InChI is InChI=1S/C15H10N2O3/c16-9-10-5-7-11(8-6-10)17-14(18)12-3-1-2-4-13(12)15(19)20/h1-8H,(H,17,18)(H,19,20)/p-1. The highest BCUT2D eigenvalue weighted by molar-refractivity contribution is 6.10. The Morgan fingerprint density at radius 2 is 1.60 bits per heavy atom. The van der Waals surface area contributed by atoms with Crippen molar-refractivity contribution >= 4 is 17.6 Å². The largest absolute Gasteiger partial charge is 0.545 e. The summed E-state index contributed by atoms with van der Waals surface area (Å²) in [4.78, 5) is 23.0. The summed E-state index contributed by atoms with van der Waals surface area (Å²) in [5, 5.41) is 22.2.